The van der Waals surface area contributed by atoms with Crippen molar-refractivity contribution in [3.8, 4) is 11.5 Å². The van der Waals surface area contributed by atoms with Crippen LogP contribution in [0, 0.1) is 0 Å². The lowest BCUT2D eigenvalue weighted by atomic mass is 10.0. The van der Waals surface area contributed by atoms with Gasteiger partial charge in [0.05, 0.1) is 14.2 Å². The molecule has 96 valence electrons. The summed E-state index contributed by atoms with van der Waals surface area (Å²) in [5, 5.41) is 3.49. The Morgan fingerprint density at radius 2 is 1.65 bits per heavy atom. The predicted molar refractivity (Wildman–Crippen MR) is 70.9 cm³/mol. The topological polar surface area (TPSA) is 30.5 Å². The molecule has 3 heteroatoms. The molecule has 0 bridgehead atoms. The molecular weight excluding hydrogens is 214 g/mol. The zero-order valence-electron chi connectivity index (χ0n) is 11.2. The zero-order chi connectivity index (χ0) is 12.7. The first-order chi connectivity index (χ1) is 8.24. The molecule has 1 aromatic rings. The summed E-state index contributed by atoms with van der Waals surface area (Å²) >= 11 is 0. The average Bonchev–Trinajstić information content (AvgIpc) is 2.37. The van der Waals surface area contributed by atoms with Gasteiger partial charge in [0.1, 0.15) is 11.5 Å². The first kappa shape index (κ1) is 13.8. The minimum atomic E-state index is 0.369. The second-order valence-corrected chi connectivity index (χ2v) is 4.04. The normalized spacial score (nSPS) is 12.2. The smallest absolute Gasteiger partial charge is 0.122 e. The van der Waals surface area contributed by atoms with Gasteiger partial charge in [0.2, 0.25) is 0 Å². The molecule has 0 spiro atoms. The second-order valence-electron chi connectivity index (χ2n) is 4.04. The first-order valence-electron chi connectivity index (χ1n) is 6.21. The maximum Gasteiger partial charge on any atom is 0.122 e. The molecule has 1 N–H and O–H groups in total. The van der Waals surface area contributed by atoms with E-state index in [-0.39, 0.29) is 0 Å². The van der Waals surface area contributed by atoms with Crippen LogP contribution in [0.5, 0.6) is 11.5 Å². The number of benzene rings is 1. The summed E-state index contributed by atoms with van der Waals surface area (Å²) in [5.74, 6) is 1.69. The van der Waals surface area contributed by atoms with Crippen molar-refractivity contribution in [2.24, 2.45) is 0 Å². The summed E-state index contributed by atoms with van der Waals surface area (Å²) < 4.78 is 10.6. The van der Waals surface area contributed by atoms with Crippen LogP contribution in [0.2, 0.25) is 0 Å². The van der Waals surface area contributed by atoms with E-state index in [1.807, 2.05) is 6.07 Å². The van der Waals surface area contributed by atoms with Gasteiger partial charge in [-0.05, 0) is 30.7 Å². The molecule has 0 aliphatic carbocycles. The molecule has 0 saturated carbocycles. The van der Waals surface area contributed by atoms with E-state index in [1.54, 1.807) is 14.2 Å². The van der Waals surface area contributed by atoms with E-state index in [9.17, 15) is 0 Å². The van der Waals surface area contributed by atoms with Crippen LogP contribution in [0.4, 0.5) is 0 Å². The highest BCUT2D eigenvalue weighted by Crippen LogP contribution is 2.28. The molecule has 0 amide bonds. The molecule has 1 aromatic carbocycles. The van der Waals surface area contributed by atoms with Crippen molar-refractivity contribution in [2.75, 3.05) is 20.8 Å². The standard InChI is InChI=1S/C14H23NO2/c1-5-7-14(15-6-2)11-8-12(16-3)10-13(9-11)17-4/h8-10,14-15H,5-7H2,1-4H3. The third kappa shape index (κ3) is 3.93. The van der Waals surface area contributed by atoms with E-state index in [2.05, 4.69) is 31.3 Å². The number of hydrogen-bond acceptors (Lipinski definition) is 3. The molecule has 0 radical (unpaired) electrons. The lowest BCUT2D eigenvalue weighted by molar-refractivity contribution is 0.390. The van der Waals surface area contributed by atoms with E-state index < -0.39 is 0 Å². The van der Waals surface area contributed by atoms with Crippen LogP contribution in [0.25, 0.3) is 0 Å². The number of methoxy groups -OCH3 is 2. The minimum Gasteiger partial charge on any atom is -0.497 e. The van der Waals surface area contributed by atoms with Gasteiger partial charge in [-0.3, -0.25) is 0 Å². The summed E-state index contributed by atoms with van der Waals surface area (Å²) in [7, 11) is 3.36. The fourth-order valence-corrected chi connectivity index (χ4v) is 1.95. The summed E-state index contributed by atoms with van der Waals surface area (Å²) in [6.45, 7) is 5.28. The van der Waals surface area contributed by atoms with Crippen molar-refractivity contribution in [3.05, 3.63) is 23.8 Å². The van der Waals surface area contributed by atoms with E-state index >= 15 is 0 Å². The van der Waals surface area contributed by atoms with Crippen LogP contribution < -0.4 is 14.8 Å². The van der Waals surface area contributed by atoms with Gasteiger partial charge in [0.15, 0.2) is 0 Å². The Morgan fingerprint density at radius 1 is 1.06 bits per heavy atom. The van der Waals surface area contributed by atoms with Crippen LogP contribution in [-0.2, 0) is 0 Å². The SMILES string of the molecule is CCCC(NCC)c1cc(OC)cc(OC)c1. The van der Waals surface area contributed by atoms with Crippen molar-refractivity contribution < 1.29 is 9.47 Å². The Bertz CT molecular complexity index is 311. The number of rotatable bonds is 7. The van der Waals surface area contributed by atoms with Crippen LogP contribution in [0.15, 0.2) is 18.2 Å². The van der Waals surface area contributed by atoms with Gasteiger partial charge < -0.3 is 14.8 Å². The highest BCUT2D eigenvalue weighted by Gasteiger charge is 2.11. The first-order valence-corrected chi connectivity index (χ1v) is 6.21. The molecule has 0 saturated heterocycles. The van der Waals surface area contributed by atoms with Gasteiger partial charge >= 0.3 is 0 Å². The van der Waals surface area contributed by atoms with E-state index in [0.29, 0.717) is 6.04 Å². The van der Waals surface area contributed by atoms with Crippen LogP contribution in [-0.4, -0.2) is 20.8 Å². The van der Waals surface area contributed by atoms with E-state index in [0.717, 1.165) is 30.9 Å². The Labute approximate surface area is 104 Å². The predicted octanol–water partition coefficient (Wildman–Crippen LogP) is 3.15. The second kappa shape index (κ2) is 7.17. The number of nitrogens with one attached hydrogen (secondary N) is 1. The Kier molecular flexibility index (Phi) is 5.84. The van der Waals surface area contributed by atoms with Gasteiger partial charge in [-0.15, -0.1) is 0 Å². The summed E-state index contributed by atoms with van der Waals surface area (Å²) in [5.41, 5.74) is 1.23. The third-order valence-corrected chi connectivity index (χ3v) is 2.80. The van der Waals surface area contributed by atoms with Gasteiger partial charge in [0.25, 0.3) is 0 Å². The molecule has 17 heavy (non-hydrogen) atoms. The minimum absolute atomic E-state index is 0.369. The quantitative estimate of drug-likeness (QED) is 0.790. The van der Waals surface area contributed by atoms with Crippen molar-refractivity contribution in [3.63, 3.8) is 0 Å². The maximum absolute atomic E-state index is 5.30. The molecule has 0 aliphatic heterocycles. The van der Waals surface area contributed by atoms with Crippen LogP contribution in [0.1, 0.15) is 38.3 Å². The summed E-state index contributed by atoms with van der Waals surface area (Å²) in [6, 6.07) is 6.42. The van der Waals surface area contributed by atoms with Crippen molar-refractivity contribution in [1.82, 2.24) is 5.32 Å². The van der Waals surface area contributed by atoms with Crippen LogP contribution >= 0.6 is 0 Å². The Morgan fingerprint density at radius 3 is 2.06 bits per heavy atom. The van der Waals surface area contributed by atoms with Crippen molar-refractivity contribution in [1.29, 1.82) is 0 Å². The molecular formula is C14H23NO2. The lowest BCUT2D eigenvalue weighted by Gasteiger charge is -2.19. The molecule has 0 heterocycles. The van der Waals surface area contributed by atoms with E-state index in [4.69, 9.17) is 9.47 Å². The zero-order valence-corrected chi connectivity index (χ0v) is 11.2. The molecule has 1 rings (SSSR count). The molecule has 0 aromatic heterocycles. The Balaban J connectivity index is 2.99. The third-order valence-electron chi connectivity index (χ3n) is 2.80. The fraction of sp³-hybridized carbons (Fsp3) is 0.571. The number of hydrogen-bond donors (Lipinski definition) is 1. The van der Waals surface area contributed by atoms with Gasteiger partial charge in [-0.2, -0.15) is 0 Å². The summed E-state index contributed by atoms with van der Waals surface area (Å²) in [4.78, 5) is 0. The Hall–Kier alpha value is -1.22. The van der Waals surface area contributed by atoms with Crippen molar-refractivity contribution in [2.45, 2.75) is 32.7 Å². The fourth-order valence-electron chi connectivity index (χ4n) is 1.95. The molecule has 0 aliphatic rings. The summed E-state index contributed by atoms with van der Waals surface area (Å²) in [6.07, 6.45) is 2.27. The average molecular weight is 237 g/mol. The van der Waals surface area contributed by atoms with Crippen molar-refractivity contribution >= 4 is 0 Å². The van der Waals surface area contributed by atoms with Gasteiger partial charge in [-0.25, -0.2) is 0 Å². The van der Waals surface area contributed by atoms with Gasteiger partial charge in [0, 0.05) is 12.1 Å². The van der Waals surface area contributed by atoms with E-state index in [1.165, 1.54) is 5.56 Å². The largest absolute Gasteiger partial charge is 0.497 e. The van der Waals surface area contributed by atoms with Crippen LogP contribution in [0.3, 0.4) is 0 Å². The molecule has 1 unspecified atom stereocenters. The maximum atomic E-state index is 5.30. The molecule has 1 atom stereocenters. The molecule has 3 nitrogen and oxygen atoms in total. The van der Waals surface area contributed by atoms with Gasteiger partial charge in [-0.1, -0.05) is 20.3 Å². The highest BCUT2D eigenvalue weighted by molar-refractivity contribution is 5.39. The number of ether oxygens (including phenoxy) is 2. The molecule has 0 fully saturated rings. The highest BCUT2D eigenvalue weighted by atomic mass is 16.5. The monoisotopic (exact) mass is 237 g/mol. The lowest BCUT2D eigenvalue weighted by Crippen LogP contribution is -2.20.